The molecule has 0 saturated heterocycles. The van der Waals surface area contributed by atoms with E-state index in [1.54, 1.807) is 18.2 Å². The van der Waals surface area contributed by atoms with Crippen molar-refractivity contribution in [1.29, 1.82) is 0 Å². The van der Waals surface area contributed by atoms with E-state index < -0.39 is 0 Å². The van der Waals surface area contributed by atoms with Gasteiger partial charge in [-0.25, -0.2) is 9.97 Å². The minimum Gasteiger partial charge on any atom is -0.493 e. The van der Waals surface area contributed by atoms with E-state index in [2.05, 4.69) is 20.6 Å². The molecule has 1 heterocycles. The van der Waals surface area contributed by atoms with Gasteiger partial charge in [0.1, 0.15) is 5.69 Å². The largest absolute Gasteiger partial charge is 0.493 e. The van der Waals surface area contributed by atoms with E-state index in [1.807, 2.05) is 19.0 Å². The fourth-order valence-electron chi connectivity index (χ4n) is 2.31. The van der Waals surface area contributed by atoms with Crippen LogP contribution in [0, 0.1) is 0 Å². The number of aromatic nitrogens is 2. The summed E-state index contributed by atoms with van der Waals surface area (Å²) in [6.07, 6.45) is 1.52. The zero-order valence-corrected chi connectivity index (χ0v) is 16.2. The van der Waals surface area contributed by atoms with Gasteiger partial charge < -0.3 is 29.7 Å². The van der Waals surface area contributed by atoms with Crippen molar-refractivity contribution in [1.82, 2.24) is 20.2 Å². The number of carbonyl (C=O) groups excluding carboxylic acids is 1. The molecule has 9 heteroatoms. The molecule has 0 aliphatic heterocycles. The summed E-state index contributed by atoms with van der Waals surface area (Å²) in [6.45, 7) is 1.28. The van der Waals surface area contributed by atoms with Gasteiger partial charge in [0.2, 0.25) is 11.7 Å². The second kappa shape index (κ2) is 9.58. The number of carbonyl (C=O) groups is 1. The van der Waals surface area contributed by atoms with Gasteiger partial charge in [0, 0.05) is 37.1 Å². The topological polar surface area (TPSA) is 97.8 Å². The monoisotopic (exact) mass is 375 g/mol. The molecule has 1 aromatic carbocycles. The van der Waals surface area contributed by atoms with E-state index in [1.165, 1.54) is 27.5 Å². The fourth-order valence-corrected chi connectivity index (χ4v) is 2.31. The molecule has 9 nitrogen and oxygen atoms in total. The lowest BCUT2D eigenvalue weighted by Crippen LogP contribution is -2.31. The first-order valence-corrected chi connectivity index (χ1v) is 8.31. The summed E-state index contributed by atoms with van der Waals surface area (Å²) in [5, 5.41) is 5.87. The van der Waals surface area contributed by atoms with Crippen molar-refractivity contribution in [2.75, 3.05) is 53.8 Å². The third-order valence-electron chi connectivity index (χ3n) is 3.65. The fraction of sp³-hybridized carbons (Fsp3) is 0.389. The number of amides is 1. The Labute approximate surface area is 158 Å². The normalized spacial score (nSPS) is 10.4. The molecule has 2 aromatic rings. The number of hydrogen-bond acceptors (Lipinski definition) is 8. The van der Waals surface area contributed by atoms with Gasteiger partial charge in [0.15, 0.2) is 11.5 Å². The maximum absolute atomic E-state index is 12.2. The highest BCUT2D eigenvalue weighted by atomic mass is 16.5. The molecule has 0 atom stereocenters. The van der Waals surface area contributed by atoms with Crippen molar-refractivity contribution in [2.24, 2.45) is 0 Å². The molecule has 0 aliphatic rings. The number of likely N-dealkylation sites (N-methyl/N-ethyl adjacent to an activating group) is 1. The van der Waals surface area contributed by atoms with E-state index in [4.69, 9.17) is 14.2 Å². The third kappa shape index (κ3) is 5.45. The van der Waals surface area contributed by atoms with E-state index in [0.717, 1.165) is 6.54 Å². The van der Waals surface area contributed by atoms with Crippen molar-refractivity contribution in [3.63, 3.8) is 0 Å². The molecule has 0 unspecified atom stereocenters. The Morgan fingerprint density at radius 3 is 2.33 bits per heavy atom. The SMILES string of the molecule is COc1cc(Nc2nccc(C(=O)NCCN(C)C)n2)cc(OC)c1OC. The van der Waals surface area contributed by atoms with Crippen molar-refractivity contribution >= 4 is 17.5 Å². The Hall–Kier alpha value is -3.07. The molecule has 2 rings (SSSR count). The summed E-state index contributed by atoms with van der Waals surface area (Å²) < 4.78 is 16.0. The number of ether oxygens (including phenoxy) is 3. The van der Waals surface area contributed by atoms with Crippen LogP contribution in [0.15, 0.2) is 24.4 Å². The van der Waals surface area contributed by atoms with Gasteiger partial charge in [-0.15, -0.1) is 0 Å². The quantitative estimate of drug-likeness (QED) is 0.681. The van der Waals surface area contributed by atoms with Gasteiger partial charge in [-0.3, -0.25) is 4.79 Å². The number of methoxy groups -OCH3 is 3. The van der Waals surface area contributed by atoms with Crippen molar-refractivity contribution in [3.8, 4) is 17.2 Å². The summed E-state index contributed by atoms with van der Waals surface area (Å²) >= 11 is 0. The standard InChI is InChI=1S/C18H25N5O4/c1-23(2)9-8-19-17(24)13-6-7-20-18(22-13)21-12-10-14(25-3)16(27-5)15(11-12)26-4/h6-7,10-11H,8-9H2,1-5H3,(H,19,24)(H,20,21,22). The first-order chi connectivity index (χ1) is 13.0. The van der Waals surface area contributed by atoms with Gasteiger partial charge >= 0.3 is 0 Å². The predicted octanol–water partition coefficient (Wildman–Crippen LogP) is 1.54. The number of rotatable bonds is 9. The highest BCUT2D eigenvalue weighted by Crippen LogP contribution is 2.40. The minimum absolute atomic E-state index is 0.257. The van der Waals surface area contributed by atoms with Gasteiger partial charge in [-0.1, -0.05) is 0 Å². The molecular weight excluding hydrogens is 350 g/mol. The summed E-state index contributed by atoms with van der Waals surface area (Å²) in [7, 11) is 8.49. The van der Waals surface area contributed by atoms with Crippen LogP contribution in [0.1, 0.15) is 10.5 Å². The molecular formula is C18H25N5O4. The molecule has 1 aromatic heterocycles. The zero-order valence-electron chi connectivity index (χ0n) is 16.2. The minimum atomic E-state index is -0.257. The first kappa shape index (κ1) is 20.2. The average molecular weight is 375 g/mol. The average Bonchev–Trinajstić information content (AvgIpc) is 2.66. The summed E-state index contributed by atoms with van der Waals surface area (Å²) in [4.78, 5) is 22.6. The van der Waals surface area contributed by atoms with Crippen LogP contribution < -0.4 is 24.8 Å². The lowest BCUT2D eigenvalue weighted by atomic mass is 10.2. The Balaban J connectivity index is 2.17. The van der Waals surface area contributed by atoms with Crippen LogP contribution in [-0.4, -0.2) is 69.3 Å². The van der Waals surface area contributed by atoms with Crippen LogP contribution in [0.25, 0.3) is 0 Å². The molecule has 0 aliphatic carbocycles. The molecule has 27 heavy (non-hydrogen) atoms. The van der Waals surface area contributed by atoms with Crippen LogP contribution >= 0.6 is 0 Å². The molecule has 0 fully saturated rings. The molecule has 146 valence electrons. The first-order valence-electron chi connectivity index (χ1n) is 8.31. The lowest BCUT2D eigenvalue weighted by Gasteiger charge is -2.14. The molecule has 0 spiro atoms. The van der Waals surface area contributed by atoms with Gasteiger partial charge in [-0.05, 0) is 20.2 Å². The number of hydrogen-bond donors (Lipinski definition) is 2. The number of anilines is 2. The van der Waals surface area contributed by atoms with Crippen LogP contribution in [0.2, 0.25) is 0 Å². The Kier molecular flexibility index (Phi) is 7.18. The molecule has 0 saturated carbocycles. The molecule has 0 bridgehead atoms. The van der Waals surface area contributed by atoms with E-state index in [0.29, 0.717) is 29.5 Å². The van der Waals surface area contributed by atoms with Gasteiger partial charge in [0.25, 0.3) is 5.91 Å². The maximum atomic E-state index is 12.2. The highest BCUT2D eigenvalue weighted by Gasteiger charge is 2.14. The van der Waals surface area contributed by atoms with Crippen LogP contribution in [0.4, 0.5) is 11.6 Å². The second-order valence-corrected chi connectivity index (χ2v) is 5.86. The van der Waals surface area contributed by atoms with Crippen LogP contribution in [0.3, 0.4) is 0 Å². The zero-order chi connectivity index (χ0) is 19.8. The van der Waals surface area contributed by atoms with Crippen LogP contribution in [-0.2, 0) is 0 Å². The summed E-state index contributed by atoms with van der Waals surface area (Å²) in [5.74, 6) is 1.51. The molecule has 2 N–H and O–H groups in total. The van der Waals surface area contributed by atoms with Crippen molar-refractivity contribution in [3.05, 3.63) is 30.1 Å². The van der Waals surface area contributed by atoms with Crippen molar-refractivity contribution in [2.45, 2.75) is 0 Å². The number of nitrogens with one attached hydrogen (secondary N) is 2. The van der Waals surface area contributed by atoms with Crippen molar-refractivity contribution < 1.29 is 19.0 Å². The Morgan fingerprint density at radius 1 is 1.11 bits per heavy atom. The maximum Gasteiger partial charge on any atom is 0.270 e. The van der Waals surface area contributed by atoms with E-state index >= 15 is 0 Å². The Bertz CT molecular complexity index is 757. The Morgan fingerprint density at radius 2 is 1.78 bits per heavy atom. The second-order valence-electron chi connectivity index (χ2n) is 5.86. The molecule has 1 amide bonds. The third-order valence-corrected chi connectivity index (χ3v) is 3.65. The summed E-state index contributed by atoms with van der Waals surface area (Å²) in [5.41, 5.74) is 0.911. The summed E-state index contributed by atoms with van der Waals surface area (Å²) in [6, 6.07) is 5.02. The van der Waals surface area contributed by atoms with Crippen LogP contribution in [0.5, 0.6) is 17.2 Å². The van der Waals surface area contributed by atoms with Gasteiger partial charge in [0.05, 0.1) is 21.3 Å². The van der Waals surface area contributed by atoms with Gasteiger partial charge in [-0.2, -0.15) is 0 Å². The lowest BCUT2D eigenvalue weighted by molar-refractivity contribution is 0.0946. The molecule has 0 radical (unpaired) electrons. The highest BCUT2D eigenvalue weighted by molar-refractivity contribution is 5.92. The number of benzene rings is 1. The smallest absolute Gasteiger partial charge is 0.270 e. The number of nitrogens with zero attached hydrogens (tertiary/aromatic N) is 3. The van der Waals surface area contributed by atoms with E-state index in [9.17, 15) is 4.79 Å². The van der Waals surface area contributed by atoms with E-state index in [-0.39, 0.29) is 17.5 Å². The predicted molar refractivity (Wildman–Crippen MR) is 102 cm³/mol.